The zero-order valence-corrected chi connectivity index (χ0v) is 11.8. The Morgan fingerprint density at radius 3 is 2.56 bits per heavy atom. The highest BCUT2D eigenvalue weighted by molar-refractivity contribution is 7.09. The van der Waals surface area contributed by atoms with E-state index in [-0.39, 0.29) is 5.54 Å². The summed E-state index contributed by atoms with van der Waals surface area (Å²) in [5.41, 5.74) is 1.33. The van der Waals surface area contributed by atoms with Crippen LogP contribution in [0.1, 0.15) is 30.8 Å². The largest absolute Gasteiger partial charge is 0.305 e. The fourth-order valence-electron chi connectivity index (χ4n) is 2.36. The van der Waals surface area contributed by atoms with E-state index in [9.17, 15) is 0 Å². The molecule has 1 heterocycles. The van der Waals surface area contributed by atoms with Crippen LogP contribution in [-0.4, -0.2) is 11.5 Å². The first-order valence-electron chi connectivity index (χ1n) is 6.49. The van der Waals surface area contributed by atoms with E-state index in [1.807, 2.05) is 6.20 Å². The van der Waals surface area contributed by atoms with Gasteiger partial charge in [-0.25, -0.2) is 4.98 Å². The molecule has 2 aromatic rings. The van der Waals surface area contributed by atoms with Gasteiger partial charge in [0.2, 0.25) is 0 Å². The third-order valence-electron chi connectivity index (χ3n) is 3.31. The van der Waals surface area contributed by atoms with Crippen molar-refractivity contribution in [2.24, 2.45) is 0 Å². The number of hydrogen-bond acceptors (Lipinski definition) is 3. The first-order valence-corrected chi connectivity index (χ1v) is 7.37. The normalized spacial score (nSPS) is 14.3. The van der Waals surface area contributed by atoms with Crippen LogP contribution in [0.5, 0.6) is 0 Å². The minimum atomic E-state index is -0.0235. The van der Waals surface area contributed by atoms with Crippen LogP contribution < -0.4 is 5.32 Å². The van der Waals surface area contributed by atoms with Crippen LogP contribution in [0.25, 0.3) is 0 Å². The van der Waals surface area contributed by atoms with E-state index in [2.05, 4.69) is 59.9 Å². The molecule has 0 fully saturated rings. The molecule has 0 bridgehead atoms. The SMILES string of the molecule is CCNC(CC)(Cc1ccccc1)c1nccs1. The van der Waals surface area contributed by atoms with Gasteiger partial charge in [-0.05, 0) is 24.9 Å². The topological polar surface area (TPSA) is 24.9 Å². The Hall–Kier alpha value is -1.19. The Kier molecular flexibility index (Phi) is 4.50. The summed E-state index contributed by atoms with van der Waals surface area (Å²) < 4.78 is 0. The lowest BCUT2D eigenvalue weighted by Crippen LogP contribution is -2.43. The molecule has 0 aliphatic rings. The number of rotatable bonds is 6. The number of thiazole rings is 1. The van der Waals surface area contributed by atoms with Gasteiger partial charge in [-0.1, -0.05) is 44.2 Å². The van der Waals surface area contributed by atoms with Gasteiger partial charge in [0.25, 0.3) is 0 Å². The standard InChI is InChI=1S/C15H20N2S/c1-3-15(17-4-2,14-16-10-11-18-14)12-13-8-6-5-7-9-13/h5-11,17H,3-4,12H2,1-2H3. The van der Waals surface area contributed by atoms with Crippen LogP contribution in [0.15, 0.2) is 41.9 Å². The summed E-state index contributed by atoms with van der Waals surface area (Å²) in [7, 11) is 0. The van der Waals surface area contributed by atoms with Crippen molar-refractivity contribution in [3.8, 4) is 0 Å². The third-order valence-corrected chi connectivity index (χ3v) is 4.29. The molecule has 1 aromatic heterocycles. The molecule has 0 aliphatic heterocycles. The summed E-state index contributed by atoms with van der Waals surface area (Å²) in [4.78, 5) is 4.53. The molecule has 1 N–H and O–H groups in total. The Labute approximate surface area is 113 Å². The molecule has 0 spiro atoms. The van der Waals surface area contributed by atoms with Crippen molar-refractivity contribution < 1.29 is 0 Å². The van der Waals surface area contributed by atoms with Crippen molar-refractivity contribution >= 4 is 11.3 Å². The fourth-order valence-corrected chi connectivity index (χ4v) is 3.24. The van der Waals surface area contributed by atoms with Gasteiger partial charge in [0.05, 0.1) is 5.54 Å². The number of nitrogens with one attached hydrogen (secondary N) is 1. The second-order valence-corrected chi connectivity index (χ2v) is 5.36. The van der Waals surface area contributed by atoms with Gasteiger partial charge in [0.15, 0.2) is 0 Å². The molecular formula is C15H20N2S. The van der Waals surface area contributed by atoms with Crippen LogP contribution in [0, 0.1) is 0 Å². The first-order chi connectivity index (χ1) is 8.80. The van der Waals surface area contributed by atoms with Crippen molar-refractivity contribution in [1.29, 1.82) is 0 Å². The van der Waals surface area contributed by atoms with Gasteiger partial charge in [-0.2, -0.15) is 0 Å². The van der Waals surface area contributed by atoms with E-state index in [1.54, 1.807) is 11.3 Å². The molecule has 2 nitrogen and oxygen atoms in total. The number of benzene rings is 1. The van der Waals surface area contributed by atoms with Crippen LogP contribution in [0.4, 0.5) is 0 Å². The fraction of sp³-hybridized carbons (Fsp3) is 0.400. The van der Waals surface area contributed by atoms with Gasteiger partial charge in [0, 0.05) is 11.6 Å². The molecule has 1 atom stereocenters. The molecule has 96 valence electrons. The molecule has 1 aromatic carbocycles. The van der Waals surface area contributed by atoms with Crippen molar-refractivity contribution in [3.05, 3.63) is 52.5 Å². The first kappa shape index (κ1) is 13.2. The van der Waals surface area contributed by atoms with Crippen LogP contribution in [0.3, 0.4) is 0 Å². The van der Waals surface area contributed by atoms with Gasteiger partial charge in [0.1, 0.15) is 5.01 Å². The molecule has 0 saturated carbocycles. The zero-order valence-electron chi connectivity index (χ0n) is 11.0. The highest BCUT2D eigenvalue weighted by Gasteiger charge is 2.31. The van der Waals surface area contributed by atoms with E-state index in [1.165, 1.54) is 10.6 Å². The molecule has 0 saturated heterocycles. The Bertz CT molecular complexity index is 453. The summed E-state index contributed by atoms with van der Waals surface area (Å²) in [6, 6.07) is 10.6. The summed E-state index contributed by atoms with van der Waals surface area (Å²) in [6.45, 7) is 5.34. The summed E-state index contributed by atoms with van der Waals surface area (Å²) in [5, 5.41) is 6.89. The average molecular weight is 260 g/mol. The Morgan fingerprint density at radius 1 is 1.22 bits per heavy atom. The smallest absolute Gasteiger partial charge is 0.113 e. The maximum Gasteiger partial charge on any atom is 0.113 e. The quantitative estimate of drug-likeness (QED) is 0.858. The number of hydrogen-bond donors (Lipinski definition) is 1. The molecule has 18 heavy (non-hydrogen) atoms. The van der Waals surface area contributed by atoms with Crippen LogP contribution in [-0.2, 0) is 12.0 Å². The number of likely N-dealkylation sites (N-methyl/N-ethyl adjacent to an activating group) is 1. The van der Waals surface area contributed by atoms with E-state index < -0.39 is 0 Å². The molecule has 2 rings (SSSR count). The monoisotopic (exact) mass is 260 g/mol. The van der Waals surface area contributed by atoms with Crippen LogP contribution >= 0.6 is 11.3 Å². The Balaban J connectivity index is 2.30. The predicted octanol–water partition coefficient (Wildman–Crippen LogP) is 3.60. The minimum absolute atomic E-state index is 0.0235. The highest BCUT2D eigenvalue weighted by atomic mass is 32.1. The van der Waals surface area contributed by atoms with Crippen molar-refractivity contribution in [3.63, 3.8) is 0 Å². The highest BCUT2D eigenvalue weighted by Crippen LogP contribution is 2.30. The second-order valence-electron chi connectivity index (χ2n) is 4.47. The van der Waals surface area contributed by atoms with E-state index in [0.717, 1.165) is 19.4 Å². The lowest BCUT2D eigenvalue weighted by Gasteiger charge is -2.32. The van der Waals surface area contributed by atoms with Gasteiger partial charge >= 0.3 is 0 Å². The average Bonchev–Trinajstić information content (AvgIpc) is 2.94. The molecule has 0 amide bonds. The van der Waals surface area contributed by atoms with Gasteiger partial charge in [-0.3, -0.25) is 0 Å². The molecule has 0 aliphatic carbocycles. The second kappa shape index (κ2) is 6.12. The van der Waals surface area contributed by atoms with E-state index in [4.69, 9.17) is 0 Å². The van der Waals surface area contributed by atoms with Gasteiger partial charge in [-0.15, -0.1) is 11.3 Å². The summed E-state index contributed by atoms with van der Waals surface area (Å²) in [5.74, 6) is 0. The van der Waals surface area contributed by atoms with Crippen molar-refractivity contribution in [2.45, 2.75) is 32.2 Å². The Morgan fingerprint density at radius 2 is 2.00 bits per heavy atom. The van der Waals surface area contributed by atoms with E-state index in [0.29, 0.717) is 0 Å². The maximum atomic E-state index is 4.53. The molecule has 1 unspecified atom stereocenters. The lowest BCUT2D eigenvalue weighted by atomic mass is 9.88. The zero-order chi connectivity index (χ0) is 12.8. The molecular weight excluding hydrogens is 240 g/mol. The third kappa shape index (κ3) is 2.79. The number of aromatic nitrogens is 1. The molecule has 3 heteroatoms. The summed E-state index contributed by atoms with van der Waals surface area (Å²) in [6.07, 6.45) is 3.93. The van der Waals surface area contributed by atoms with Crippen molar-refractivity contribution in [2.75, 3.05) is 6.54 Å². The lowest BCUT2D eigenvalue weighted by molar-refractivity contribution is 0.323. The maximum absolute atomic E-state index is 4.53. The minimum Gasteiger partial charge on any atom is -0.305 e. The van der Waals surface area contributed by atoms with Gasteiger partial charge < -0.3 is 5.32 Å². The number of nitrogens with zero attached hydrogens (tertiary/aromatic N) is 1. The van der Waals surface area contributed by atoms with Crippen LogP contribution in [0.2, 0.25) is 0 Å². The van der Waals surface area contributed by atoms with E-state index >= 15 is 0 Å². The van der Waals surface area contributed by atoms with Crippen molar-refractivity contribution in [1.82, 2.24) is 10.3 Å². The summed E-state index contributed by atoms with van der Waals surface area (Å²) >= 11 is 1.74. The predicted molar refractivity (Wildman–Crippen MR) is 77.9 cm³/mol. The molecule has 0 radical (unpaired) electrons.